The van der Waals surface area contributed by atoms with Crippen LogP contribution in [0.15, 0.2) is 97.2 Å². The average molecular weight is 1050 g/mol. The Hall–Kier alpha value is -2.89. The first kappa shape index (κ1) is 70.1. The van der Waals surface area contributed by atoms with Crippen molar-refractivity contribution in [3.8, 4) is 0 Å². The van der Waals surface area contributed by atoms with E-state index in [1.807, 2.05) is 0 Å². The summed E-state index contributed by atoms with van der Waals surface area (Å²) in [5.74, 6) is -0.149. The largest absolute Gasteiger partial charge is 0.394 e. The average Bonchev–Trinajstić information content (AvgIpc) is 3.41. The molecule has 7 unspecified atom stereocenters. The van der Waals surface area contributed by atoms with Gasteiger partial charge in [-0.15, -0.1) is 0 Å². The minimum Gasteiger partial charge on any atom is -0.394 e. The summed E-state index contributed by atoms with van der Waals surface area (Å²) in [5, 5.41) is 54.7. The molecule has 7 atom stereocenters. The van der Waals surface area contributed by atoms with Crippen LogP contribution in [0.25, 0.3) is 0 Å². The Labute approximate surface area is 460 Å². The number of aliphatic hydroxyl groups is 5. The zero-order valence-corrected chi connectivity index (χ0v) is 48.0. The number of carbonyl (C=O) groups excluding carboxylic acids is 1. The standard InChI is InChI=1S/C66H115NO8/c1-3-5-7-9-11-13-15-17-19-20-21-22-23-24-25-26-27-28-29-30-31-32-33-34-35-36-37-38-39-40-42-44-46-48-50-52-54-56-62(70)67-59(58-74-66-65(73)64(72)63(71)61(57-68)75-66)60(69)55-53-51-49-47-45-43-41-18-16-14-12-10-8-6-4-2/h5,7,11,13,17,19,21-22,24-25,27-28,30-31,33-34,59-61,63-66,68-69,71-73H,3-4,6,8-10,12,14-16,18,20,23,26,29,32,35-58H2,1-2H3,(H,67,70)/b7-5-,13-11-,19-17-,22-21-,25-24-,28-27-,31-30-,34-33-. The summed E-state index contributed by atoms with van der Waals surface area (Å²) < 4.78 is 11.3. The first-order valence-electron chi connectivity index (χ1n) is 30.9. The molecular formula is C66H115NO8. The summed E-state index contributed by atoms with van der Waals surface area (Å²) in [5.41, 5.74) is 0. The summed E-state index contributed by atoms with van der Waals surface area (Å²) >= 11 is 0. The summed E-state index contributed by atoms with van der Waals surface area (Å²) in [7, 11) is 0. The van der Waals surface area contributed by atoms with Crippen molar-refractivity contribution in [2.45, 2.75) is 301 Å². The van der Waals surface area contributed by atoms with Gasteiger partial charge in [0.2, 0.25) is 5.91 Å². The lowest BCUT2D eigenvalue weighted by Gasteiger charge is -2.40. The maximum absolute atomic E-state index is 13.1. The topological polar surface area (TPSA) is 149 Å². The molecule has 6 N–H and O–H groups in total. The number of nitrogens with one attached hydrogen (secondary N) is 1. The number of allylic oxidation sites excluding steroid dienone is 16. The van der Waals surface area contributed by atoms with Gasteiger partial charge in [-0.05, 0) is 77.0 Å². The fraction of sp³-hybridized carbons (Fsp3) is 0.742. The highest BCUT2D eigenvalue weighted by Gasteiger charge is 2.44. The Morgan fingerprint density at radius 1 is 0.467 bits per heavy atom. The first-order valence-corrected chi connectivity index (χ1v) is 30.9. The number of carbonyl (C=O) groups is 1. The second-order valence-electron chi connectivity index (χ2n) is 21.1. The van der Waals surface area contributed by atoms with Gasteiger partial charge in [-0.25, -0.2) is 0 Å². The molecule has 1 rings (SSSR count). The Morgan fingerprint density at radius 3 is 1.23 bits per heavy atom. The first-order chi connectivity index (χ1) is 36.8. The number of ether oxygens (including phenoxy) is 2. The molecule has 1 aliphatic rings. The summed E-state index contributed by atoms with van der Waals surface area (Å²) in [6.07, 6.45) is 71.6. The molecule has 0 aromatic heterocycles. The van der Waals surface area contributed by atoms with Crippen LogP contribution in [0.5, 0.6) is 0 Å². The third kappa shape index (κ3) is 43.7. The van der Waals surface area contributed by atoms with Crippen molar-refractivity contribution < 1.29 is 39.8 Å². The lowest BCUT2D eigenvalue weighted by molar-refractivity contribution is -0.302. The Kier molecular flexibility index (Phi) is 50.9. The van der Waals surface area contributed by atoms with E-state index in [-0.39, 0.29) is 12.5 Å². The molecule has 9 heteroatoms. The van der Waals surface area contributed by atoms with Crippen LogP contribution in [0.2, 0.25) is 0 Å². The molecule has 1 fully saturated rings. The van der Waals surface area contributed by atoms with E-state index < -0.39 is 49.5 Å². The molecule has 0 aliphatic carbocycles. The van der Waals surface area contributed by atoms with Crippen LogP contribution in [0, 0.1) is 0 Å². The molecule has 0 radical (unpaired) electrons. The number of hydrogen-bond donors (Lipinski definition) is 6. The van der Waals surface area contributed by atoms with Crippen molar-refractivity contribution in [3.05, 3.63) is 97.2 Å². The van der Waals surface area contributed by atoms with Crippen molar-refractivity contribution in [1.82, 2.24) is 5.32 Å². The lowest BCUT2D eigenvalue weighted by Crippen LogP contribution is -2.60. The lowest BCUT2D eigenvalue weighted by atomic mass is 9.99. The monoisotopic (exact) mass is 1050 g/mol. The maximum atomic E-state index is 13.1. The fourth-order valence-corrected chi connectivity index (χ4v) is 9.35. The van der Waals surface area contributed by atoms with E-state index in [0.29, 0.717) is 12.8 Å². The normalized spacial score (nSPS) is 19.6. The van der Waals surface area contributed by atoms with Crippen LogP contribution in [0.1, 0.15) is 258 Å². The van der Waals surface area contributed by atoms with Crippen LogP contribution < -0.4 is 5.32 Å². The smallest absolute Gasteiger partial charge is 0.220 e. The van der Waals surface area contributed by atoms with Crippen molar-refractivity contribution in [2.24, 2.45) is 0 Å². The number of unbranched alkanes of at least 4 members (excludes halogenated alkanes) is 26. The molecule has 75 heavy (non-hydrogen) atoms. The highest BCUT2D eigenvalue weighted by molar-refractivity contribution is 5.76. The third-order valence-corrected chi connectivity index (χ3v) is 14.2. The molecule has 1 amide bonds. The molecular weight excluding hydrogens is 935 g/mol. The molecule has 1 heterocycles. The van der Waals surface area contributed by atoms with Gasteiger partial charge < -0.3 is 40.3 Å². The summed E-state index contributed by atoms with van der Waals surface area (Å²) in [6.45, 7) is 3.73. The Balaban J connectivity index is 2.13. The molecule has 0 bridgehead atoms. The van der Waals surface area contributed by atoms with Crippen LogP contribution in [-0.4, -0.2) is 87.5 Å². The van der Waals surface area contributed by atoms with Crippen LogP contribution in [-0.2, 0) is 14.3 Å². The van der Waals surface area contributed by atoms with Gasteiger partial charge in [0.25, 0.3) is 0 Å². The second kappa shape index (κ2) is 54.5. The molecule has 432 valence electrons. The van der Waals surface area contributed by atoms with Crippen molar-refractivity contribution in [2.75, 3.05) is 13.2 Å². The van der Waals surface area contributed by atoms with Crippen molar-refractivity contribution >= 4 is 5.91 Å². The van der Waals surface area contributed by atoms with Crippen molar-refractivity contribution in [1.29, 1.82) is 0 Å². The van der Waals surface area contributed by atoms with E-state index >= 15 is 0 Å². The summed E-state index contributed by atoms with van der Waals surface area (Å²) in [4.78, 5) is 13.1. The quantitative estimate of drug-likeness (QED) is 0.0261. The van der Waals surface area contributed by atoms with Crippen LogP contribution >= 0.6 is 0 Å². The van der Waals surface area contributed by atoms with Gasteiger partial charge in [0.05, 0.1) is 25.4 Å². The Morgan fingerprint density at radius 2 is 0.827 bits per heavy atom. The van der Waals surface area contributed by atoms with Gasteiger partial charge in [0, 0.05) is 6.42 Å². The zero-order chi connectivity index (χ0) is 54.3. The minimum atomic E-state index is -1.56. The van der Waals surface area contributed by atoms with Crippen LogP contribution in [0.4, 0.5) is 0 Å². The fourth-order valence-electron chi connectivity index (χ4n) is 9.35. The van der Waals surface area contributed by atoms with Gasteiger partial charge in [-0.3, -0.25) is 4.79 Å². The van der Waals surface area contributed by atoms with Crippen molar-refractivity contribution in [3.63, 3.8) is 0 Å². The molecule has 0 aromatic carbocycles. The number of aliphatic hydroxyl groups excluding tert-OH is 5. The molecule has 0 saturated carbocycles. The third-order valence-electron chi connectivity index (χ3n) is 14.2. The predicted octanol–water partition coefficient (Wildman–Crippen LogP) is 16.0. The highest BCUT2D eigenvalue weighted by Crippen LogP contribution is 2.23. The van der Waals surface area contributed by atoms with E-state index in [1.54, 1.807) is 0 Å². The maximum Gasteiger partial charge on any atom is 0.220 e. The van der Waals surface area contributed by atoms with E-state index in [1.165, 1.54) is 141 Å². The van der Waals surface area contributed by atoms with Gasteiger partial charge in [0.1, 0.15) is 24.4 Å². The number of rotatable bonds is 52. The van der Waals surface area contributed by atoms with Gasteiger partial charge in [0.15, 0.2) is 6.29 Å². The Bertz CT molecular complexity index is 1500. The minimum absolute atomic E-state index is 0.141. The zero-order valence-electron chi connectivity index (χ0n) is 48.0. The van der Waals surface area contributed by atoms with E-state index in [9.17, 15) is 30.3 Å². The molecule has 0 aromatic rings. The molecule has 1 saturated heterocycles. The van der Waals surface area contributed by atoms with E-state index in [2.05, 4.69) is 116 Å². The van der Waals surface area contributed by atoms with Gasteiger partial charge >= 0.3 is 0 Å². The second-order valence-corrected chi connectivity index (χ2v) is 21.1. The number of hydrogen-bond acceptors (Lipinski definition) is 8. The number of amides is 1. The highest BCUT2D eigenvalue weighted by atomic mass is 16.7. The molecule has 9 nitrogen and oxygen atoms in total. The molecule has 1 aliphatic heterocycles. The van der Waals surface area contributed by atoms with Gasteiger partial charge in [-0.1, -0.05) is 272 Å². The van der Waals surface area contributed by atoms with Crippen LogP contribution in [0.3, 0.4) is 0 Å². The predicted molar refractivity (Wildman–Crippen MR) is 318 cm³/mol. The van der Waals surface area contributed by atoms with E-state index in [4.69, 9.17) is 9.47 Å². The molecule has 0 spiro atoms. The summed E-state index contributed by atoms with van der Waals surface area (Å²) in [6, 6.07) is -0.725. The van der Waals surface area contributed by atoms with E-state index in [0.717, 1.165) is 89.9 Å². The SMILES string of the molecule is CC/C=C\C/C=C\C/C=C\C/C=C\C/C=C\C/C=C\C/C=C\C/C=C\CCCCCCCCCCCCCCC(=O)NC(COC1OC(CO)C(O)C(O)C1O)C(O)CCCCCCCCCCCCCCCCC. The van der Waals surface area contributed by atoms with Gasteiger partial charge in [-0.2, -0.15) is 0 Å².